The van der Waals surface area contributed by atoms with E-state index < -0.39 is 23.5 Å². The van der Waals surface area contributed by atoms with Crippen molar-refractivity contribution in [3.8, 4) is 0 Å². The maximum Gasteiger partial charge on any atom is 0.326 e. The molecule has 0 spiro atoms. The summed E-state index contributed by atoms with van der Waals surface area (Å²) < 4.78 is 0. The average Bonchev–Trinajstić information content (AvgIpc) is 2.34. The molecule has 1 atom stereocenters. The molecule has 5 heteroatoms. The van der Waals surface area contributed by atoms with Crippen LogP contribution in [0.4, 0.5) is 10.5 Å². The van der Waals surface area contributed by atoms with Crippen LogP contribution in [0.25, 0.3) is 0 Å². The zero-order valence-corrected chi connectivity index (χ0v) is 12.4. The van der Waals surface area contributed by atoms with Gasteiger partial charge in [-0.2, -0.15) is 0 Å². The summed E-state index contributed by atoms with van der Waals surface area (Å²) in [4.78, 5) is 23.1. The normalized spacial score (nSPS) is 12.6. The quantitative estimate of drug-likeness (QED) is 0.792. The van der Waals surface area contributed by atoms with E-state index in [1.54, 1.807) is 26.8 Å². The van der Waals surface area contributed by atoms with Crippen LogP contribution in [-0.4, -0.2) is 23.1 Å². The van der Waals surface area contributed by atoms with Gasteiger partial charge in [-0.25, -0.2) is 9.59 Å². The second-order valence-electron chi connectivity index (χ2n) is 5.79. The standard InChI is InChI=1S/C15H22N2O3/c1-5-10-7-6-8-11(9-10)16-14(20)17-12(13(18)19)15(2,3)4/h6-9,12H,5H2,1-4H3,(H,18,19)(H2,16,17,20)/t12-/m0/s1. The van der Waals surface area contributed by atoms with Crippen LogP contribution in [0.3, 0.4) is 0 Å². The number of aryl methyl sites for hydroxylation is 1. The number of carboxylic acid groups (broad SMARTS) is 1. The number of amides is 2. The maximum atomic E-state index is 11.9. The molecule has 0 aliphatic heterocycles. The van der Waals surface area contributed by atoms with Crippen molar-refractivity contribution in [3.05, 3.63) is 29.8 Å². The van der Waals surface area contributed by atoms with E-state index in [1.807, 2.05) is 25.1 Å². The molecule has 110 valence electrons. The molecule has 0 bridgehead atoms. The van der Waals surface area contributed by atoms with E-state index in [0.717, 1.165) is 12.0 Å². The van der Waals surface area contributed by atoms with E-state index in [-0.39, 0.29) is 0 Å². The summed E-state index contributed by atoms with van der Waals surface area (Å²) in [5.74, 6) is -1.05. The summed E-state index contributed by atoms with van der Waals surface area (Å²) in [6.07, 6.45) is 0.872. The molecule has 0 saturated carbocycles. The third-order valence-electron chi connectivity index (χ3n) is 2.98. The Morgan fingerprint density at radius 1 is 1.30 bits per heavy atom. The molecule has 1 aromatic rings. The third-order valence-corrected chi connectivity index (χ3v) is 2.98. The molecule has 0 aliphatic rings. The van der Waals surface area contributed by atoms with Gasteiger partial charge in [0.15, 0.2) is 0 Å². The van der Waals surface area contributed by atoms with Crippen molar-refractivity contribution < 1.29 is 14.7 Å². The van der Waals surface area contributed by atoms with Gasteiger partial charge in [0.2, 0.25) is 0 Å². The molecule has 3 N–H and O–H groups in total. The van der Waals surface area contributed by atoms with Crippen molar-refractivity contribution in [3.63, 3.8) is 0 Å². The van der Waals surface area contributed by atoms with E-state index in [0.29, 0.717) is 5.69 Å². The average molecular weight is 278 g/mol. The summed E-state index contributed by atoms with van der Waals surface area (Å²) in [7, 11) is 0. The second kappa shape index (κ2) is 6.41. The number of carbonyl (C=O) groups excluding carboxylic acids is 1. The summed E-state index contributed by atoms with van der Waals surface area (Å²) in [6, 6.07) is 6.00. The molecular formula is C15H22N2O3. The molecule has 0 fully saturated rings. The number of hydrogen-bond acceptors (Lipinski definition) is 2. The second-order valence-corrected chi connectivity index (χ2v) is 5.79. The lowest BCUT2D eigenvalue weighted by Gasteiger charge is -2.27. The van der Waals surface area contributed by atoms with E-state index >= 15 is 0 Å². The third kappa shape index (κ3) is 4.57. The fourth-order valence-corrected chi connectivity index (χ4v) is 1.82. The maximum absolute atomic E-state index is 11.9. The van der Waals surface area contributed by atoms with Gasteiger partial charge in [-0.3, -0.25) is 0 Å². The van der Waals surface area contributed by atoms with Crippen LogP contribution in [0.2, 0.25) is 0 Å². The minimum atomic E-state index is -1.05. The Hall–Kier alpha value is -2.04. The van der Waals surface area contributed by atoms with Crippen LogP contribution >= 0.6 is 0 Å². The highest BCUT2D eigenvalue weighted by atomic mass is 16.4. The van der Waals surface area contributed by atoms with Gasteiger partial charge in [-0.15, -0.1) is 0 Å². The first-order valence-electron chi connectivity index (χ1n) is 6.63. The van der Waals surface area contributed by atoms with Crippen molar-refractivity contribution in [2.24, 2.45) is 5.41 Å². The lowest BCUT2D eigenvalue weighted by Crippen LogP contribution is -2.50. The lowest BCUT2D eigenvalue weighted by molar-refractivity contribution is -0.141. The van der Waals surface area contributed by atoms with Crippen molar-refractivity contribution >= 4 is 17.7 Å². The number of rotatable bonds is 4. The van der Waals surface area contributed by atoms with Gasteiger partial charge in [-0.1, -0.05) is 39.8 Å². The summed E-state index contributed by atoms with van der Waals surface area (Å²) >= 11 is 0. The van der Waals surface area contributed by atoms with Gasteiger partial charge in [0.25, 0.3) is 0 Å². The minimum absolute atomic E-state index is 0.513. The van der Waals surface area contributed by atoms with Crippen LogP contribution in [-0.2, 0) is 11.2 Å². The Balaban J connectivity index is 2.73. The molecule has 1 rings (SSSR count). The van der Waals surface area contributed by atoms with Crippen molar-refractivity contribution in [1.82, 2.24) is 5.32 Å². The van der Waals surface area contributed by atoms with Crippen LogP contribution in [0.5, 0.6) is 0 Å². The van der Waals surface area contributed by atoms with Crippen LogP contribution in [0.1, 0.15) is 33.3 Å². The molecule has 1 aromatic carbocycles. The van der Waals surface area contributed by atoms with Crippen LogP contribution < -0.4 is 10.6 Å². The van der Waals surface area contributed by atoms with Crippen LogP contribution in [0, 0.1) is 5.41 Å². The first kappa shape index (κ1) is 16.0. The van der Waals surface area contributed by atoms with E-state index in [9.17, 15) is 9.59 Å². The minimum Gasteiger partial charge on any atom is -0.480 e. The Labute approximate surface area is 119 Å². The van der Waals surface area contributed by atoms with Gasteiger partial charge < -0.3 is 15.7 Å². The number of urea groups is 1. The van der Waals surface area contributed by atoms with Gasteiger partial charge in [0.05, 0.1) is 0 Å². The lowest BCUT2D eigenvalue weighted by atomic mass is 9.87. The number of benzene rings is 1. The largest absolute Gasteiger partial charge is 0.480 e. The molecule has 0 heterocycles. The topological polar surface area (TPSA) is 78.4 Å². The number of nitrogens with one attached hydrogen (secondary N) is 2. The molecule has 20 heavy (non-hydrogen) atoms. The highest BCUT2D eigenvalue weighted by Crippen LogP contribution is 2.19. The van der Waals surface area contributed by atoms with E-state index in [1.165, 1.54) is 0 Å². The molecule has 5 nitrogen and oxygen atoms in total. The fourth-order valence-electron chi connectivity index (χ4n) is 1.82. The molecule has 0 aromatic heterocycles. The zero-order valence-electron chi connectivity index (χ0n) is 12.4. The number of carboxylic acids is 1. The monoisotopic (exact) mass is 278 g/mol. The smallest absolute Gasteiger partial charge is 0.326 e. The fraction of sp³-hybridized carbons (Fsp3) is 0.467. The first-order chi connectivity index (χ1) is 9.24. The molecule has 0 unspecified atom stereocenters. The summed E-state index contributed by atoms with van der Waals surface area (Å²) in [5.41, 5.74) is 1.20. The van der Waals surface area contributed by atoms with Crippen LogP contribution in [0.15, 0.2) is 24.3 Å². The Bertz CT molecular complexity index is 492. The van der Waals surface area contributed by atoms with Gasteiger partial charge in [0, 0.05) is 5.69 Å². The SMILES string of the molecule is CCc1cccc(NC(=O)N[C@@H](C(=O)O)C(C)(C)C)c1. The van der Waals surface area contributed by atoms with Crippen molar-refractivity contribution in [1.29, 1.82) is 0 Å². The van der Waals surface area contributed by atoms with Crippen molar-refractivity contribution in [2.75, 3.05) is 5.32 Å². The highest BCUT2D eigenvalue weighted by Gasteiger charge is 2.32. The Kier molecular flexibility index (Phi) is 5.13. The van der Waals surface area contributed by atoms with Gasteiger partial charge in [-0.05, 0) is 29.5 Å². The Morgan fingerprint density at radius 3 is 2.45 bits per heavy atom. The number of aliphatic carboxylic acids is 1. The van der Waals surface area contributed by atoms with E-state index in [2.05, 4.69) is 10.6 Å². The zero-order chi connectivity index (χ0) is 15.3. The first-order valence-corrected chi connectivity index (χ1v) is 6.63. The predicted molar refractivity (Wildman–Crippen MR) is 78.9 cm³/mol. The van der Waals surface area contributed by atoms with Gasteiger partial charge in [0.1, 0.15) is 6.04 Å². The predicted octanol–water partition coefficient (Wildman–Crippen LogP) is 2.87. The number of anilines is 1. The van der Waals surface area contributed by atoms with E-state index in [4.69, 9.17) is 5.11 Å². The summed E-state index contributed by atoms with van der Waals surface area (Å²) in [5, 5.41) is 14.3. The molecule has 0 saturated heterocycles. The molecule has 2 amide bonds. The molecular weight excluding hydrogens is 256 g/mol. The Morgan fingerprint density at radius 2 is 1.95 bits per heavy atom. The highest BCUT2D eigenvalue weighted by molar-refractivity contribution is 5.92. The van der Waals surface area contributed by atoms with Crippen molar-refractivity contribution in [2.45, 2.75) is 40.2 Å². The number of carbonyl (C=O) groups is 2. The van der Waals surface area contributed by atoms with Gasteiger partial charge >= 0.3 is 12.0 Å². The molecule has 0 aliphatic carbocycles. The molecule has 0 radical (unpaired) electrons. The number of hydrogen-bond donors (Lipinski definition) is 3. The summed E-state index contributed by atoms with van der Waals surface area (Å²) in [6.45, 7) is 7.33.